The van der Waals surface area contributed by atoms with E-state index in [1.165, 1.54) is 0 Å². The van der Waals surface area contributed by atoms with Gasteiger partial charge in [0.1, 0.15) is 18.1 Å². The summed E-state index contributed by atoms with van der Waals surface area (Å²) in [6.45, 7) is 0.0359. The maximum Gasteiger partial charge on any atom is 0.253 e. The zero-order valence-electron chi connectivity index (χ0n) is 16.4. The number of aliphatic imine (C=N–C) groups is 1. The SMILES string of the molecule is COc1cccc(C2=Nc3ccccc3C(c3ccc(Cl)cc3)N2CC(=O)NN)c1. The Morgan fingerprint density at radius 2 is 1.90 bits per heavy atom. The van der Waals surface area contributed by atoms with Crippen molar-refractivity contribution in [1.29, 1.82) is 0 Å². The summed E-state index contributed by atoms with van der Waals surface area (Å²) in [7, 11) is 1.62. The highest BCUT2D eigenvalue weighted by atomic mass is 35.5. The van der Waals surface area contributed by atoms with Gasteiger partial charge in [-0.15, -0.1) is 0 Å². The molecule has 3 N–H and O–H groups in total. The zero-order valence-corrected chi connectivity index (χ0v) is 17.1. The number of benzene rings is 3. The van der Waals surface area contributed by atoms with Gasteiger partial charge in [0.05, 0.1) is 18.8 Å². The number of hydrazine groups is 1. The summed E-state index contributed by atoms with van der Waals surface area (Å²) >= 11 is 6.12. The van der Waals surface area contributed by atoms with E-state index in [4.69, 9.17) is 27.2 Å². The van der Waals surface area contributed by atoms with Gasteiger partial charge in [-0.25, -0.2) is 10.8 Å². The molecule has 152 valence electrons. The molecule has 1 atom stereocenters. The third kappa shape index (κ3) is 3.87. The van der Waals surface area contributed by atoms with Crippen LogP contribution in [0.2, 0.25) is 5.02 Å². The van der Waals surface area contributed by atoms with E-state index in [1.54, 1.807) is 7.11 Å². The maximum absolute atomic E-state index is 12.3. The topological polar surface area (TPSA) is 80.0 Å². The van der Waals surface area contributed by atoms with Gasteiger partial charge in [0.25, 0.3) is 5.91 Å². The first-order valence-electron chi connectivity index (χ1n) is 9.44. The van der Waals surface area contributed by atoms with Crippen LogP contribution < -0.4 is 16.0 Å². The standard InChI is InChI=1S/C23H21ClN4O2/c1-30-18-6-4-5-16(13-18)23-26-20-8-3-2-7-19(20)22(28(23)14-21(29)27-25)15-9-11-17(24)12-10-15/h2-13,22H,14,25H2,1H3,(H,27,29). The number of nitrogens with two attached hydrogens (primary N) is 1. The fourth-order valence-corrected chi connectivity index (χ4v) is 3.78. The molecule has 0 spiro atoms. The van der Waals surface area contributed by atoms with Crippen molar-refractivity contribution >= 4 is 29.0 Å². The van der Waals surface area contributed by atoms with E-state index in [0.29, 0.717) is 16.6 Å². The minimum atomic E-state index is -0.316. The van der Waals surface area contributed by atoms with Gasteiger partial charge in [-0.2, -0.15) is 0 Å². The number of nitrogens with one attached hydrogen (secondary N) is 1. The quantitative estimate of drug-likeness (QED) is 0.373. The highest BCUT2D eigenvalue weighted by molar-refractivity contribution is 6.30. The van der Waals surface area contributed by atoms with Crippen LogP contribution in [0.15, 0.2) is 77.8 Å². The lowest BCUT2D eigenvalue weighted by atomic mass is 9.93. The van der Waals surface area contributed by atoms with Gasteiger partial charge in [-0.3, -0.25) is 10.2 Å². The highest BCUT2D eigenvalue weighted by Crippen LogP contribution is 2.40. The molecule has 0 aliphatic carbocycles. The Balaban J connectivity index is 1.92. The largest absolute Gasteiger partial charge is 0.497 e. The van der Waals surface area contributed by atoms with Crippen LogP contribution in [0.25, 0.3) is 0 Å². The first-order valence-corrected chi connectivity index (χ1v) is 9.82. The van der Waals surface area contributed by atoms with Crippen LogP contribution >= 0.6 is 11.6 Å². The van der Waals surface area contributed by atoms with Crippen molar-refractivity contribution in [3.63, 3.8) is 0 Å². The summed E-state index contributed by atoms with van der Waals surface area (Å²) in [5.74, 6) is 6.47. The first kappa shape index (κ1) is 19.9. The van der Waals surface area contributed by atoms with Crippen LogP contribution in [0.4, 0.5) is 5.69 Å². The van der Waals surface area contributed by atoms with E-state index in [1.807, 2.05) is 77.7 Å². The molecule has 1 heterocycles. The van der Waals surface area contributed by atoms with Crippen molar-refractivity contribution in [2.24, 2.45) is 10.8 Å². The van der Waals surface area contributed by atoms with E-state index < -0.39 is 0 Å². The normalized spacial score (nSPS) is 15.2. The molecule has 30 heavy (non-hydrogen) atoms. The van der Waals surface area contributed by atoms with Crippen molar-refractivity contribution in [2.45, 2.75) is 6.04 Å². The summed E-state index contributed by atoms with van der Waals surface area (Å²) in [6, 6.07) is 22.9. The average Bonchev–Trinajstić information content (AvgIpc) is 2.79. The summed E-state index contributed by atoms with van der Waals surface area (Å²) in [5.41, 5.74) is 5.91. The lowest BCUT2D eigenvalue weighted by Crippen LogP contribution is -2.46. The molecule has 1 aliphatic rings. The molecule has 1 aliphatic heterocycles. The molecule has 1 unspecified atom stereocenters. The Morgan fingerprint density at radius 1 is 1.13 bits per heavy atom. The molecule has 3 aromatic rings. The molecule has 0 bridgehead atoms. The monoisotopic (exact) mass is 420 g/mol. The molecule has 0 aromatic heterocycles. The van der Waals surface area contributed by atoms with E-state index in [2.05, 4.69) is 5.43 Å². The number of amides is 1. The second kappa shape index (κ2) is 8.57. The number of methoxy groups -OCH3 is 1. The fourth-order valence-electron chi connectivity index (χ4n) is 3.65. The van der Waals surface area contributed by atoms with Crippen molar-refractivity contribution < 1.29 is 9.53 Å². The number of halogens is 1. The van der Waals surface area contributed by atoms with Crippen molar-refractivity contribution in [3.05, 3.63) is 94.5 Å². The number of nitrogens with zero attached hydrogens (tertiary/aromatic N) is 2. The summed E-state index contributed by atoms with van der Waals surface area (Å²) in [4.78, 5) is 19.2. The van der Waals surface area contributed by atoms with Gasteiger partial charge in [0.2, 0.25) is 0 Å². The summed E-state index contributed by atoms with van der Waals surface area (Å²) in [6.07, 6.45) is 0. The summed E-state index contributed by atoms with van der Waals surface area (Å²) in [5, 5.41) is 0.649. The fraction of sp³-hybridized carbons (Fsp3) is 0.130. The minimum Gasteiger partial charge on any atom is -0.497 e. The molecule has 3 aromatic carbocycles. The number of carbonyl (C=O) groups excluding carboxylic acids is 1. The number of hydrogen-bond acceptors (Lipinski definition) is 5. The van der Waals surface area contributed by atoms with Crippen LogP contribution in [0.1, 0.15) is 22.7 Å². The lowest BCUT2D eigenvalue weighted by molar-refractivity contribution is -0.121. The van der Waals surface area contributed by atoms with Crippen molar-refractivity contribution in [3.8, 4) is 5.75 Å². The Hall–Kier alpha value is -3.35. The van der Waals surface area contributed by atoms with Crippen molar-refractivity contribution in [2.75, 3.05) is 13.7 Å². The van der Waals surface area contributed by atoms with E-state index >= 15 is 0 Å². The minimum absolute atomic E-state index is 0.0359. The van der Waals surface area contributed by atoms with Crippen LogP contribution in [0.5, 0.6) is 5.75 Å². The zero-order chi connectivity index (χ0) is 21.1. The number of carbonyl (C=O) groups is 1. The lowest BCUT2D eigenvalue weighted by Gasteiger charge is -2.38. The van der Waals surface area contributed by atoms with E-state index in [-0.39, 0.29) is 18.5 Å². The first-order chi connectivity index (χ1) is 14.6. The molecule has 0 saturated carbocycles. The van der Waals surface area contributed by atoms with Gasteiger partial charge < -0.3 is 9.64 Å². The van der Waals surface area contributed by atoms with Gasteiger partial charge in [0, 0.05) is 16.1 Å². The number of amidine groups is 1. The second-order valence-electron chi connectivity index (χ2n) is 6.88. The summed E-state index contributed by atoms with van der Waals surface area (Å²) < 4.78 is 5.39. The smallest absolute Gasteiger partial charge is 0.253 e. The average molecular weight is 421 g/mol. The molecule has 6 nitrogen and oxygen atoms in total. The van der Waals surface area contributed by atoms with Crippen LogP contribution in [-0.2, 0) is 4.79 Å². The molecule has 0 fully saturated rings. The van der Waals surface area contributed by atoms with Crippen LogP contribution in [0.3, 0.4) is 0 Å². The third-order valence-electron chi connectivity index (χ3n) is 5.03. The van der Waals surface area contributed by atoms with Crippen molar-refractivity contribution in [1.82, 2.24) is 10.3 Å². The molecule has 0 radical (unpaired) electrons. The predicted octanol–water partition coefficient (Wildman–Crippen LogP) is 3.82. The molecule has 0 saturated heterocycles. The maximum atomic E-state index is 12.3. The Morgan fingerprint density at radius 3 is 2.63 bits per heavy atom. The van der Waals surface area contributed by atoms with Crippen LogP contribution in [-0.4, -0.2) is 30.3 Å². The number of para-hydroxylation sites is 1. The van der Waals surface area contributed by atoms with Gasteiger partial charge in [-0.1, -0.05) is 54.1 Å². The predicted molar refractivity (Wildman–Crippen MR) is 118 cm³/mol. The number of ether oxygens (including phenoxy) is 1. The number of hydrogen-bond donors (Lipinski definition) is 2. The van der Waals surface area contributed by atoms with Gasteiger partial charge >= 0.3 is 0 Å². The Kier molecular flexibility index (Phi) is 5.70. The highest BCUT2D eigenvalue weighted by Gasteiger charge is 2.33. The second-order valence-corrected chi connectivity index (χ2v) is 7.31. The van der Waals surface area contributed by atoms with Gasteiger partial charge in [-0.05, 0) is 35.9 Å². The third-order valence-corrected chi connectivity index (χ3v) is 5.28. The van der Waals surface area contributed by atoms with Gasteiger partial charge in [0.15, 0.2) is 0 Å². The van der Waals surface area contributed by atoms with E-state index in [0.717, 1.165) is 22.4 Å². The van der Waals surface area contributed by atoms with Crippen LogP contribution in [0, 0.1) is 0 Å². The Labute approximate surface area is 179 Å². The molecular weight excluding hydrogens is 400 g/mol. The van der Waals surface area contributed by atoms with E-state index in [9.17, 15) is 4.79 Å². The molecular formula is C23H21ClN4O2. The molecule has 4 rings (SSSR count). The molecule has 1 amide bonds. The number of rotatable bonds is 5. The molecule has 7 heteroatoms. The Bertz CT molecular complexity index is 1100. The number of fused-ring (bicyclic) bond motifs is 1.